The number of amides is 1. The van der Waals surface area contributed by atoms with E-state index in [1.807, 2.05) is 30.3 Å². The van der Waals surface area contributed by atoms with E-state index in [-0.39, 0.29) is 30.5 Å². The van der Waals surface area contributed by atoms with Gasteiger partial charge in [0.15, 0.2) is 0 Å². The zero-order chi connectivity index (χ0) is 13.0. The lowest BCUT2D eigenvalue weighted by Crippen LogP contribution is -2.41. The number of benzene rings is 1. The maximum absolute atomic E-state index is 12.1. The first kappa shape index (κ1) is 13.1. The first-order valence-corrected chi connectivity index (χ1v) is 6.44. The van der Waals surface area contributed by atoms with Gasteiger partial charge < -0.3 is 16.2 Å². The summed E-state index contributed by atoms with van der Waals surface area (Å²) in [6.07, 6.45) is 2.77. The van der Waals surface area contributed by atoms with E-state index in [9.17, 15) is 9.90 Å². The van der Waals surface area contributed by atoms with Gasteiger partial charge in [0.2, 0.25) is 5.91 Å². The quantitative estimate of drug-likeness (QED) is 0.743. The molecule has 3 unspecified atom stereocenters. The molecule has 1 saturated carbocycles. The van der Waals surface area contributed by atoms with Crippen LogP contribution in [0.3, 0.4) is 0 Å². The Hall–Kier alpha value is -1.39. The fourth-order valence-corrected chi connectivity index (χ4v) is 2.51. The summed E-state index contributed by atoms with van der Waals surface area (Å²) < 4.78 is 0. The number of nitrogens with one attached hydrogen (secondary N) is 1. The van der Waals surface area contributed by atoms with Crippen LogP contribution < -0.4 is 11.1 Å². The van der Waals surface area contributed by atoms with Crippen molar-refractivity contribution in [3.8, 4) is 0 Å². The third kappa shape index (κ3) is 2.89. The zero-order valence-corrected chi connectivity index (χ0v) is 10.4. The fraction of sp³-hybridized carbons (Fsp3) is 0.500. The fourth-order valence-electron chi connectivity index (χ4n) is 2.51. The lowest BCUT2D eigenvalue weighted by Gasteiger charge is -2.21. The molecule has 1 aliphatic rings. The van der Waals surface area contributed by atoms with Crippen molar-refractivity contribution in [2.45, 2.75) is 31.3 Å². The van der Waals surface area contributed by atoms with Crippen LogP contribution in [0.5, 0.6) is 0 Å². The molecule has 1 aromatic carbocycles. The third-order valence-corrected chi connectivity index (χ3v) is 3.61. The van der Waals surface area contributed by atoms with Crippen LogP contribution in [-0.2, 0) is 4.79 Å². The first-order valence-electron chi connectivity index (χ1n) is 6.44. The summed E-state index contributed by atoms with van der Waals surface area (Å²) in [7, 11) is 0. The van der Waals surface area contributed by atoms with Crippen LogP contribution in [0.1, 0.15) is 30.9 Å². The number of carbonyl (C=O) groups is 1. The Morgan fingerprint density at radius 1 is 1.39 bits per heavy atom. The highest BCUT2D eigenvalue weighted by Gasteiger charge is 2.31. The molecule has 4 nitrogen and oxygen atoms in total. The predicted molar refractivity (Wildman–Crippen MR) is 69.7 cm³/mol. The highest BCUT2D eigenvalue weighted by Crippen LogP contribution is 2.25. The first-order chi connectivity index (χ1) is 8.72. The van der Waals surface area contributed by atoms with Crippen LogP contribution >= 0.6 is 0 Å². The Balaban J connectivity index is 2.00. The van der Waals surface area contributed by atoms with Crippen LogP contribution in [0.2, 0.25) is 0 Å². The number of rotatable bonds is 4. The zero-order valence-electron chi connectivity index (χ0n) is 10.4. The highest BCUT2D eigenvalue weighted by molar-refractivity contribution is 5.80. The minimum absolute atomic E-state index is 0.0390. The molecule has 0 spiro atoms. The Kier molecular flexibility index (Phi) is 4.33. The van der Waals surface area contributed by atoms with Crippen LogP contribution in [0.25, 0.3) is 0 Å². The van der Waals surface area contributed by atoms with E-state index in [1.54, 1.807) is 0 Å². The van der Waals surface area contributed by atoms with E-state index >= 15 is 0 Å². The van der Waals surface area contributed by atoms with Gasteiger partial charge in [-0.05, 0) is 18.4 Å². The lowest BCUT2D eigenvalue weighted by atomic mass is 10.0. The second-order valence-electron chi connectivity index (χ2n) is 4.86. The summed E-state index contributed by atoms with van der Waals surface area (Å²) in [4.78, 5) is 12.1. The van der Waals surface area contributed by atoms with Crippen molar-refractivity contribution < 1.29 is 9.90 Å². The summed E-state index contributed by atoms with van der Waals surface area (Å²) >= 11 is 0. The Bertz CT molecular complexity index is 394. The summed E-state index contributed by atoms with van der Waals surface area (Å²) in [5, 5.41) is 12.3. The molecule has 2 rings (SSSR count). The molecule has 0 heterocycles. The van der Waals surface area contributed by atoms with E-state index < -0.39 is 0 Å². The standard InChI is InChI=1S/C14H20N2O2/c15-12-8-4-7-11(12)14(18)16-13(9-17)10-5-2-1-3-6-10/h1-3,5-6,11-13,17H,4,7-9,15H2,(H,16,18). The van der Waals surface area contributed by atoms with Crippen molar-refractivity contribution in [1.82, 2.24) is 5.32 Å². The van der Waals surface area contributed by atoms with Gasteiger partial charge in [0.05, 0.1) is 18.6 Å². The van der Waals surface area contributed by atoms with Crippen LogP contribution in [0.4, 0.5) is 0 Å². The van der Waals surface area contributed by atoms with Gasteiger partial charge in [-0.25, -0.2) is 0 Å². The van der Waals surface area contributed by atoms with Gasteiger partial charge in [-0.2, -0.15) is 0 Å². The molecule has 0 aliphatic heterocycles. The third-order valence-electron chi connectivity index (χ3n) is 3.61. The molecule has 18 heavy (non-hydrogen) atoms. The minimum atomic E-state index is -0.341. The molecule has 1 aromatic rings. The van der Waals surface area contributed by atoms with Gasteiger partial charge in [-0.1, -0.05) is 36.8 Å². The minimum Gasteiger partial charge on any atom is -0.394 e. The predicted octanol–water partition coefficient (Wildman–Crippen LogP) is 0.964. The average molecular weight is 248 g/mol. The normalized spacial score (nSPS) is 24.8. The van der Waals surface area contributed by atoms with Crippen molar-refractivity contribution in [1.29, 1.82) is 0 Å². The smallest absolute Gasteiger partial charge is 0.225 e. The van der Waals surface area contributed by atoms with Gasteiger partial charge in [0, 0.05) is 6.04 Å². The number of carbonyl (C=O) groups excluding carboxylic acids is 1. The lowest BCUT2D eigenvalue weighted by molar-refractivity contribution is -0.126. The Labute approximate surface area is 107 Å². The Morgan fingerprint density at radius 2 is 2.11 bits per heavy atom. The number of hydrogen-bond acceptors (Lipinski definition) is 3. The van der Waals surface area contributed by atoms with Crippen molar-refractivity contribution in [2.24, 2.45) is 11.7 Å². The molecule has 4 N–H and O–H groups in total. The molecule has 0 bridgehead atoms. The van der Waals surface area contributed by atoms with Gasteiger partial charge >= 0.3 is 0 Å². The van der Waals surface area contributed by atoms with Crippen LogP contribution in [0.15, 0.2) is 30.3 Å². The van der Waals surface area contributed by atoms with Crippen molar-refractivity contribution >= 4 is 5.91 Å². The molecule has 98 valence electrons. The van der Waals surface area contributed by atoms with E-state index in [2.05, 4.69) is 5.32 Å². The second-order valence-corrected chi connectivity index (χ2v) is 4.86. The van der Waals surface area contributed by atoms with E-state index in [4.69, 9.17) is 5.73 Å². The monoisotopic (exact) mass is 248 g/mol. The van der Waals surface area contributed by atoms with E-state index in [1.165, 1.54) is 0 Å². The number of nitrogens with two attached hydrogens (primary N) is 1. The van der Waals surface area contributed by atoms with Gasteiger partial charge in [0.1, 0.15) is 0 Å². The van der Waals surface area contributed by atoms with Crippen molar-refractivity contribution in [2.75, 3.05) is 6.61 Å². The van der Waals surface area contributed by atoms with E-state index in [0.29, 0.717) is 0 Å². The SMILES string of the molecule is NC1CCCC1C(=O)NC(CO)c1ccccc1. The largest absolute Gasteiger partial charge is 0.394 e. The molecular weight excluding hydrogens is 228 g/mol. The van der Waals surface area contributed by atoms with Crippen molar-refractivity contribution in [3.63, 3.8) is 0 Å². The molecule has 3 atom stereocenters. The molecule has 0 aromatic heterocycles. The van der Waals surface area contributed by atoms with Gasteiger partial charge in [0.25, 0.3) is 0 Å². The maximum atomic E-state index is 12.1. The number of aliphatic hydroxyl groups excluding tert-OH is 1. The number of aliphatic hydroxyl groups is 1. The van der Waals surface area contributed by atoms with E-state index in [0.717, 1.165) is 24.8 Å². The molecule has 4 heteroatoms. The van der Waals surface area contributed by atoms with Gasteiger partial charge in [-0.15, -0.1) is 0 Å². The average Bonchev–Trinajstić information content (AvgIpc) is 2.83. The second kappa shape index (κ2) is 5.98. The summed E-state index contributed by atoms with van der Waals surface area (Å²) in [6, 6.07) is 9.11. The van der Waals surface area contributed by atoms with Gasteiger partial charge in [-0.3, -0.25) is 4.79 Å². The summed E-state index contributed by atoms with van der Waals surface area (Å²) in [5.74, 6) is -0.148. The van der Waals surface area contributed by atoms with Crippen molar-refractivity contribution in [3.05, 3.63) is 35.9 Å². The number of hydrogen-bond donors (Lipinski definition) is 3. The topological polar surface area (TPSA) is 75.4 Å². The molecule has 1 amide bonds. The molecule has 1 aliphatic carbocycles. The Morgan fingerprint density at radius 3 is 2.67 bits per heavy atom. The maximum Gasteiger partial charge on any atom is 0.225 e. The van der Waals surface area contributed by atoms with Crippen LogP contribution in [0, 0.1) is 5.92 Å². The molecule has 0 saturated heterocycles. The van der Waals surface area contributed by atoms with Crippen LogP contribution in [-0.4, -0.2) is 23.7 Å². The molecule has 1 fully saturated rings. The summed E-state index contributed by atoms with van der Waals surface area (Å²) in [6.45, 7) is -0.0995. The molecule has 0 radical (unpaired) electrons. The summed E-state index contributed by atoms with van der Waals surface area (Å²) in [5.41, 5.74) is 6.83. The molecular formula is C14H20N2O2. The highest BCUT2D eigenvalue weighted by atomic mass is 16.3.